The Labute approximate surface area is 325 Å². The zero-order valence-electron chi connectivity index (χ0n) is 35.4. The van der Waals surface area contributed by atoms with E-state index in [1.165, 1.54) is 63.8 Å². The van der Waals surface area contributed by atoms with Crippen molar-refractivity contribution < 1.29 is 10.2 Å². The van der Waals surface area contributed by atoms with Gasteiger partial charge in [0.2, 0.25) is 0 Å². The normalized spacial score (nSPS) is 14.0. The highest BCUT2D eigenvalue weighted by Crippen LogP contribution is 2.39. The summed E-state index contributed by atoms with van der Waals surface area (Å²) in [6, 6.07) is 7.50. The second-order valence-corrected chi connectivity index (χ2v) is 16.0. The fraction of sp³-hybridized carbons (Fsp3) is 0.490. The Morgan fingerprint density at radius 3 is 1.02 bits per heavy atom. The number of benzene rings is 2. The molecule has 53 heavy (non-hydrogen) atoms. The molecular weight excluding hydrogens is 645 g/mol. The van der Waals surface area contributed by atoms with Gasteiger partial charge in [0, 0.05) is 16.3 Å². The predicted molar refractivity (Wildman–Crippen MR) is 236 cm³/mol. The maximum Gasteiger partial charge on any atom is 0.127 e. The highest BCUT2D eigenvalue weighted by molar-refractivity contribution is 5.95. The van der Waals surface area contributed by atoms with Crippen molar-refractivity contribution >= 4 is 10.8 Å². The predicted octanol–water partition coefficient (Wildman–Crippen LogP) is 16.2. The number of hydrogen-bond donors (Lipinski definition) is 2. The van der Waals surface area contributed by atoms with Gasteiger partial charge < -0.3 is 10.2 Å². The van der Waals surface area contributed by atoms with Crippen LogP contribution in [0.3, 0.4) is 0 Å². The average molecular weight is 719 g/mol. The lowest BCUT2D eigenvalue weighted by atomic mass is 9.95. The molecule has 0 aliphatic carbocycles. The quantitative estimate of drug-likeness (QED) is 0.0887. The van der Waals surface area contributed by atoms with Crippen LogP contribution in [0.4, 0.5) is 0 Å². The molecule has 0 aliphatic rings. The molecule has 0 fully saturated rings. The summed E-state index contributed by atoms with van der Waals surface area (Å²) in [6.45, 7) is 22.1. The minimum atomic E-state index is 0.267. The van der Waals surface area contributed by atoms with Gasteiger partial charge in [0.05, 0.1) is 0 Å². The summed E-state index contributed by atoms with van der Waals surface area (Å²) in [5.74, 6) is 0.549. The molecule has 0 aliphatic heterocycles. The van der Waals surface area contributed by atoms with Crippen LogP contribution >= 0.6 is 0 Å². The molecule has 2 nitrogen and oxygen atoms in total. The first kappa shape index (κ1) is 45.4. The summed E-state index contributed by atoms with van der Waals surface area (Å²) < 4.78 is 0. The van der Waals surface area contributed by atoms with Gasteiger partial charge in [-0.05, 0) is 171 Å². The Kier molecular flexibility index (Phi) is 21.6. The van der Waals surface area contributed by atoms with Gasteiger partial charge >= 0.3 is 0 Å². The van der Waals surface area contributed by atoms with Gasteiger partial charge in [0.15, 0.2) is 0 Å². The smallest absolute Gasteiger partial charge is 0.127 e. The third-order valence-corrected chi connectivity index (χ3v) is 10.5. The molecule has 2 aromatic rings. The summed E-state index contributed by atoms with van der Waals surface area (Å²) in [4.78, 5) is 0. The van der Waals surface area contributed by atoms with Crippen LogP contribution in [0.2, 0.25) is 0 Å². The van der Waals surface area contributed by atoms with Crippen molar-refractivity contribution in [3.05, 3.63) is 129 Å². The molecule has 0 saturated heterocycles. The summed E-state index contributed by atoms with van der Waals surface area (Å²) in [5.41, 5.74) is 13.3. The van der Waals surface area contributed by atoms with Gasteiger partial charge in [0.1, 0.15) is 11.5 Å². The number of phenolic OH excluding ortho intramolecular Hbond substituents is 2. The van der Waals surface area contributed by atoms with Crippen molar-refractivity contribution in [1.82, 2.24) is 0 Å². The first-order valence-electron chi connectivity index (χ1n) is 20.4. The fourth-order valence-corrected chi connectivity index (χ4v) is 6.69. The molecular formula is C51H74O2. The Hall–Kier alpha value is -3.78. The van der Waals surface area contributed by atoms with Gasteiger partial charge in [-0.15, -0.1) is 0 Å². The van der Waals surface area contributed by atoms with Crippen LogP contribution < -0.4 is 0 Å². The van der Waals surface area contributed by atoms with Crippen LogP contribution in [0.15, 0.2) is 117 Å². The van der Waals surface area contributed by atoms with E-state index in [9.17, 15) is 10.2 Å². The van der Waals surface area contributed by atoms with E-state index in [1.54, 1.807) is 0 Å². The summed E-state index contributed by atoms with van der Waals surface area (Å²) in [7, 11) is 0. The fourth-order valence-electron chi connectivity index (χ4n) is 6.69. The third kappa shape index (κ3) is 18.7. The van der Waals surface area contributed by atoms with Crippen molar-refractivity contribution in [2.24, 2.45) is 0 Å². The van der Waals surface area contributed by atoms with Gasteiger partial charge in [-0.3, -0.25) is 0 Å². The molecule has 2 heteroatoms. The van der Waals surface area contributed by atoms with Crippen LogP contribution in [0, 0.1) is 6.92 Å². The number of rotatable bonds is 23. The molecule has 2 rings (SSSR count). The zero-order chi connectivity index (χ0) is 39.2. The zero-order valence-corrected chi connectivity index (χ0v) is 35.4. The largest absolute Gasteiger partial charge is 0.507 e. The monoisotopic (exact) mass is 719 g/mol. The molecule has 0 amide bonds. The van der Waals surface area contributed by atoms with Crippen molar-refractivity contribution in [3.63, 3.8) is 0 Å². The minimum Gasteiger partial charge on any atom is -0.507 e. The molecule has 290 valence electrons. The summed E-state index contributed by atoms with van der Waals surface area (Å²) in [6.07, 6.45) is 35.5. The molecule has 2 aromatic carbocycles. The lowest BCUT2D eigenvalue weighted by Gasteiger charge is -2.13. The molecule has 0 spiro atoms. The molecule has 2 N–H and O–H groups in total. The van der Waals surface area contributed by atoms with Gasteiger partial charge in [0.25, 0.3) is 0 Å². The van der Waals surface area contributed by atoms with Crippen LogP contribution in [0.25, 0.3) is 10.8 Å². The number of fused-ring (bicyclic) bond motifs is 1. The topological polar surface area (TPSA) is 40.5 Å². The average Bonchev–Trinajstić information content (AvgIpc) is 3.10. The number of hydrogen-bond acceptors (Lipinski definition) is 2. The Bertz CT molecular complexity index is 1690. The Balaban J connectivity index is 1.64. The van der Waals surface area contributed by atoms with Gasteiger partial charge in [-0.2, -0.15) is 0 Å². The van der Waals surface area contributed by atoms with Gasteiger partial charge in [-0.1, -0.05) is 117 Å². The SMILES string of the molecule is CC(C)=CCC/C(C)=C/CC/C(C)=C/CC/C(C)=C/CC/C(C)=C/CC/C(C)=C\CC/C(C)=C/CC/C(C)=C/Cc1c(C)c(O)c2ccccc2c1O. The standard InChI is InChI=1S/C51H74O2/c1-38(2)20-13-21-39(3)22-14-23-40(4)24-15-25-41(5)26-16-27-42(6)28-17-29-43(7)30-18-31-44(8)32-19-33-45(9)36-37-47-46(10)50(52)48-34-11-12-35-49(48)51(47)53/h11-12,20,22,24,26,28,30,32,34-36,52-53H,13-19,21,23,25,27,29,31,33,37H2,1-10H3/b39-22+,40-24+,41-26+,42-28+,43-30-,44-32+,45-36+. The van der Waals surface area contributed by atoms with E-state index in [1.807, 2.05) is 31.2 Å². The lowest BCUT2D eigenvalue weighted by molar-refractivity contribution is 0.461. The highest BCUT2D eigenvalue weighted by Gasteiger charge is 2.14. The first-order valence-corrected chi connectivity index (χ1v) is 20.4. The number of aromatic hydroxyl groups is 2. The second kappa shape index (κ2) is 25.3. The van der Waals surface area contributed by atoms with E-state index in [0.29, 0.717) is 17.2 Å². The summed E-state index contributed by atoms with van der Waals surface area (Å²) >= 11 is 0. The molecule has 0 atom stereocenters. The van der Waals surface area contributed by atoms with E-state index in [0.717, 1.165) is 81.8 Å². The minimum absolute atomic E-state index is 0.267. The molecule has 0 bridgehead atoms. The van der Waals surface area contributed by atoms with Crippen molar-refractivity contribution in [2.75, 3.05) is 0 Å². The summed E-state index contributed by atoms with van der Waals surface area (Å²) in [5, 5.41) is 23.0. The van der Waals surface area contributed by atoms with Crippen LogP contribution in [0.1, 0.15) is 163 Å². The molecule has 0 unspecified atom stereocenters. The van der Waals surface area contributed by atoms with Crippen molar-refractivity contribution in [2.45, 2.75) is 166 Å². The van der Waals surface area contributed by atoms with E-state index < -0.39 is 0 Å². The molecule has 0 aromatic heterocycles. The van der Waals surface area contributed by atoms with Crippen molar-refractivity contribution in [1.29, 1.82) is 0 Å². The highest BCUT2D eigenvalue weighted by atomic mass is 16.3. The van der Waals surface area contributed by atoms with E-state index in [4.69, 9.17) is 0 Å². The molecule has 0 saturated carbocycles. The second-order valence-electron chi connectivity index (χ2n) is 16.0. The number of allylic oxidation sites excluding steroid dienone is 16. The van der Waals surface area contributed by atoms with E-state index in [-0.39, 0.29) is 11.5 Å². The van der Waals surface area contributed by atoms with Crippen molar-refractivity contribution in [3.8, 4) is 11.5 Å². The molecule has 0 radical (unpaired) electrons. The van der Waals surface area contributed by atoms with Crippen LogP contribution in [0.5, 0.6) is 11.5 Å². The van der Waals surface area contributed by atoms with E-state index >= 15 is 0 Å². The lowest BCUT2D eigenvalue weighted by Crippen LogP contribution is -1.92. The number of phenols is 2. The van der Waals surface area contributed by atoms with Crippen LogP contribution in [-0.4, -0.2) is 10.2 Å². The first-order chi connectivity index (χ1) is 25.3. The maximum absolute atomic E-state index is 10.9. The maximum atomic E-state index is 10.9. The van der Waals surface area contributed by atoms with Crippen LogP contribution in [-0.2, 0) is 6.42 Å². The van der Waals surface area contributed by atoms with Gasteiger partial charge in [-0.25, -0.2) is 0 Å². The van der Waals surface area contributed by atoms with E-state index in [2.05, 4.69) is 111 Å². The third-order valence-electron chi connectivity index (χ3n) is 10.5. The molecule has 0 heterocycles. The Morgan fingerprint density at radius 2 is 0.698 bits per heavy atom. The Morgan fingerprint density at radius 1 is 0.415 bits per heavy atom.